The van der Waals surface area contributed by atoms with E-state index in [1.54, 1.807) is 11.6 Å². The molecule has 0 aliphatic heterocycles. The summed E-state index contributed by atoms with van der Waals surface area (Å²) in [5.74, 6) is -0.473. The molecule has 0 atom stereocenters. The number of aliphatic hydroxyl groups excluding tert-OH is 1. The SMILES string of the molecule is CC(C)(CO)CNC(=O)c1cnc2sccn2c1=O. The molecule has 19 heavy (non-hydrogen) atoms. The van der Waals surface area contributed by atoms with Crippen LogP contribution < -0.4 is 10.9 Å². The summed E-state index contributed by atoms with van der Waals surface area (Å²) in [5, 5.41) is 13.5. The second-order valence-corrected chi connectivity index (χ2v) is 5.91. The summed E-state index contributed by atoms with van der Waals surface area (Å²) >= 11 is 1.33. The summed E-state index contributed by atoms with van der Waals surface area (Å²) in [6, 6.07) is 0. The predicted molar refractivity (Wildman–Crippen MR) is 72.5 cm³/mol. The smallest absolute Gasteiger partial charge is 0.271 e. The van der Waals surface area contributed by atoms with Crippen molar-refractivity contribution >= 4 is 22.2 Å². The van der Waals surface area contributed by atoms with E-state index in [1.165, 1.54) is 21.9 Å². The van der Waals surface area contributed by atoms with Crippen LogP contribution in [0.3, 0.4) is 0 Å². The first-order valence-electron chi connectivity index (χ1n) is 5.78. The van der Waals surface area contributed by atoms with Crippen molar-refractivity contribution in [1.29, 1.82) is 0 Å². The van der Waals surface area contributed by atoms with Crippen molar-refractivity contribution in [2.45, 2.75) is 13.8 Å². The van der Waals surface area contributed by atoms with Gasteiger partial charge in [-0.3, -0.25) is 14.0 Å². The lowest BCUT2D eigenvalue weighted by molar-refractivity contribution is 0.0909. The number of thiazole rings is 1. The zero-order chi connectivity index (χ0) is 14.0. The van der Waals surface area contributed by atoms with Gasteiger partial charge >= 0.3 is 0 Å². The maximum absolute atomic E-state index is 12.0. The van der Waals surface area contributed by atoms with Gasteiger partial charge in [0.15, 0.2) is 4.96 Å². The second kappa shape index (κ2) is 5.10. The highest BCUT2D eigenvalue weighted by Gasteiger charge is 2.20. The molecule has 1 amide bonds. The first kappa shape index (κ1) is 13.7. The van der Waals surface area contributed by atoms with E-state index in [0.717, 1.165) is 0 Å². The van der Waals surface area contributed by atoms with E-state index in [0.29, 0.717) is 4.96 Å². The highest BCUT2D eigenvalue weighted by molar-refractivity contribution is 7.15. The Morgan fingerprint density at radius 3 is 3.00 bits per heavy atom. The van der Waals surface area contributed by atoms with Crippen LogP contribution in [0, 0.1) is 5.41 Å². The lowest BCUT2D eigenvalue weighted by atomic mass is 9.95. The number of aromatic nitrogens is 2. The third-order valence-electron chi connectivity index (χ3n) is 2.74. The van der Waals surface area contributed by atoms with Crippen LogP contribution in [0.5, 0.6) is 0 Å². The van der Waals surface area contributed by atoms with Gasteiger partial charge in [-0.15, -0.1) is 11.3 Å². The minimum atomic E-state index is -0.473. The summed E-state index contributed by atoms with van der Waals surface area (Å²) in [6.07, 6.45) is 2.87. The van der Waals surface area contributed by atoms with Crippen molar-refractivity contribution in [1.82, 2.24) is 14.7 Å². The summed E-state index contributed by atoms with van der Waals surface area (Å²) in [6.45, 7) is 3.88. The van der Waals surface area contributed by atoms with Gasteiger partial charge < -0.3 is 10.4 Å². The lowest BCUT2D eigenvalue weighted by Gasteiger charge is -2.21. The van der Waals surface area contributed by atoms with Gasteiger partial charge in [0.25, 0.3) is 11.5 Å². The van der Waals surface area contributed by atoms with Crippen LogP contribution in [0.25, 0.3) is 4.96 Å². The Labute approximate surface area is 113 Å². The summed E-state index contributed by atoms with van der Waals surface area (Å²) < 4.78 is 1.34. The molecule has 0 aliphatic carbocycles. The van der Waals surface area contributed by atoms with Gasteiger partial charge in [0, 0.05) is 36.3 Å². The van der Waals surface area contributed by atoms with Crippen molar-refractivity contribution in [3.05, 3.63) is 33.7 Å². The van der Waals surface area contributed by atoms with Crippen molar-refractivity contribution in [2.75, 3.05) is 13.2 Å². The number of amides is 1. The Kier molecular flexibility index (Phi) is 3.68. The van der Waals surface area contributed by atoms with Gasteiger partial charge in [-0.1, -0.05) is 13.8 Å². The largest absolute Gasteiger partial charge is 0.396 e. The Bertz CT molecular complexity index is 660. The Morgan fingerprint density at radius 2 is 2.32 bits per heavy atom. The van der Waals surface area contributed by atoms with Crippen LogP contribution in [0.2, 0.25) is 0 Å². The van der Waals surface area contributed by atoms with Gasteiger partial charge in [0.1, 0.15) is 5.56 Å². The quantitative estimate of drug-likeness (QED) is 0.855. The molecule has 6 nitrogen and oxygen atoms in total. The van der Waals surface area contributed by atoms with Crippen molar-refractivity contribution in [2.24, 2.45) is 5.41 Å². The van der Waals surface area contributed by atoms with Gasteiger partial charge in [0.2, 0.25) is 0 Å². The van der Waals surface area contributed by atoms with Gasteiger partial charge in [-0.2, -0.15) is 0 Å². The van der Waals surface area contributed by atoms with Crippen LogP contribution in [0.4, 0.5) is 0 Å². The molecular formula is C12H15N3O3S. The fourth-order valence-corrected chi connectivity index (χ4v) is 2.13. The monoisotopic (exact) mass is 281 g/mol. The number of fused-ring (bicyclic) bond motifs is 1. The summed E-state index contributed by atoms with van der Waals surface area (Å²) in [5.41, 5.74) is -0.804. The molecule has 0 aromatic carbocycles. The molecule has 0 bridgehead atoms. The molecule has 0 radical (unpaired) electrons. The summed E-state index contributed by atoms with van der Waals surface area (Å²) in [4.78, 5) is 28.6. The molecule has 0 saturated carbocycles. The zero-order valence-electron chi connectivity index (χ0n) is 10.7. The van der Waals surface area contributed by atoms with Gasteiger partial charge in [-0.05, 0) is 0 Å². The Balaban J connectivity index is 2.22. The Hall–Kier alpha value is -1.73. The van der Waals surface area contributed by atoms with Gasteiger partial charge in [-0.25, -0.2) is 4.98 Å². The molecule has 102 valence electrons. The summed E-state index contributed by atoms with van der Waals surface area (Å²) in [7, 11) is 0. The van der Waals surface area contributed by atoms with Crippen LogP contribution in [0.1, 0.15) is 24.2 Å². The van der Waals surface area contributed by atoms with E-state index in [4.69, 9.17) is 5.11 Å². The fourth-order valence-electron chi connectivity index (χ4n) is 1.45. The number of hydrogen-bond acceptors (Lipinski definition) is 5. The van der Waals surface area contributed by atoms with E-state index in [1.807, 2.05) is 13.8 Å². The van der Waals surface area contributed by atoms with Crippen molar-refractivity contribution in [3.63, 3.8) is 0 Å². The number of aliphatic hydroxyl groups is 1. The number of carbonyl (C=O) groups is 1. The molecule has 2 heterocycles. The fraction of sp³-hybridized carbons (Fsp3) is 0.417. The van der Waals surface area contributed by atoms with E-state index in [9.17, 15) is 9.59 Å². The third kappa shape index (κ3) is 2.82. The number of carbonyl (C=O) groups excluding carboxylic acids is 1. The van der Waals surface area contributed by atoms with E-state index >= 15 is 0 Å². The molecule has 0 aliphatic rings. The first-order valence-corrected chi connectivity index (χ1v) is 6.66. The third-order valence-corrected chi connectivity index (χ3v) is 3.51. The minimum absolute atomic E-state index is 0.00430. The average Bonchev–Trinajstić information content (AvgIpc) is 2.86. The number of nitrogens with one attached hydrogen (secondary N) is 1. The van der Waals surface area contributed by atoms with Crippen LogP contribution in [-0.2, 0) is 0 Å². The predicted octanol–water partition coefficient (Wildman–Crippen LogP) is 0.504. The van der Waals surface area contributed by atoms with E-state index in [-0.39, 0.29) is 24.3 Å². The Morgan fingerprint density at radius 1 is 1.58 bits per heavy atom. The van der Waals surface area contributed by atoms with Crippen LogP contribution >= 0.6 is 11.3 Å². The molecule has 2 aromatic rings. The highest BCUT2D eigenvalue weighted by atomic mass is 32.1. The topological polar surface area (TPSA) is 83.7 Å². The molecule has 7 heteroatoms. The van der Waals surface area contributed by atoms with Crippen LogP contribution in [-0.4, -0.2) is 33.6 Å². The second-order valence-electron chi connectivity index (χ2n) is 5.04. The number of nitrogens with zero attached hydrogens (tertiary/aromatic N) is 2. The maximum Gasteiger partial charge on any atom is 0.271 e. The molecule has 0 saturated heterocycles. The normalized spacial score (nSPS) is 11.7. The molecule has 2 aromatic heterocycles. The highest BCUT2D eigenvalue weighted by Crippen LogP contribution is 2.11. The molecule has 0 spiro atoms. The van der Waals surface area contributed by atoms with Crippen molar-refractivity contribution in [3.8, 4) is 0 Å². The van der Waals surface area contributed by atoms with Crippen LogP contribution in [0.15, 0.2) is 22.6 Å². The maximum atomic E-state index is 12.0. The molecular weight excluding hydrogens is 266 g/mol. The number of hydrogen-bond donors (Lipinski definition) is 2. The average molecular weight is 281 g/mol. The number of rotatable bonds is 4. The minimum Gasteiger partial charge on any atom is -0.396 e. The molecule has 2 N–H and O–H groups in total. The van der Waals surface area contributed by atoms with Gasteiger partial charge in [0.05, 0.1) is 0 Å². The molecule has 2 rings (SSSR count). The zero-order valence-corrected chi connectivity index (χ0v) is 11.5. The first-order chi connectivity index (χ1) is 8.94. The molecule has 0 fully saturated rings. The van der Waals surface area contributed by atoms with E-state index < -0.39 is 11.3 Å². The standard InChI is InChI=1S/C12H15N3O3S/c1-12(2,7-16)6-14-9(17)8-5-13-11-15(10(8)18)3-4-19-11/h3-5,16H,6-7H2,1-2H3,(H,14,17). The lowest BCUT2D eigenvalue weighted by Crippen LogP contribution is -2.38. The van der Waals surface area contributed by atoms with E-state index in [2.05, 4.69) is 10.3 Å². The molecule has 0 unspecified atom stereocenters. The van der Waals surface area contributed by atoms with Crippen molar-refractivity contribution < 1.29 is 9.90 Å².